The topological polar surface area (TPSA) is 33.0 Å². The molecule has 0 radical (unpaired) electrons. The summed E-state index contributed by atoms with van der Waals surface area (Å²) >= 11 is 0. The van der Waals surface area contributed by atoms with Crippen molar-refractivity contribution in [3.63, 3.8) is 0 Å². The Morgan fingerprint density at radius 2 is 1.73 bits per heavy atom. The fourth-order valence-corrected chi connectivity index (χ4v) is 0.962. The Morgan fingerprint density at radius 3 is 2.20 bits per heavy atom. The van der Waals surface area contributed by atoms with Gasteiger partial charge in [0.05, 0.1) is 24.5 Å². The van der Waals surface area contributed by atoms with Gasteiger partial charge in [0.25, 0.3) is 0 Å². The summed E-state index contributed by atoms with van der Waals surface area (Å²) in [5.41, 5.74) is -0.423. The molecule has 0 saturated carbocycles. The van der Waals surface area contributed by atoms with Crippen LogP contribution in [0.4, 0.5) is 13.2 Å². The van der Waals surface area contributed by atoms with Crippen LogP contribution in [0.1, 0.15) is 33.1 Å². The zero-order chi connectivity index (χ0) is 11.9. The normalized spacial score (nSPS) is 12.5. The molecule has 0 spiro atoms. The van der Waals surface area contributed by atoms with Crippen molar-refractivity contribution >= 4 is 0 Å². The van der Waals surface area contributed by atoms with Crippen molar-refractivity contribution in [2.45, 2.75) is 39.3 Å². The van der Waals surface area contributed by atoms with Gasteiger partial charge in [-0.25, -0.2) is 0 Å². The minimum Gasteiger partial charge on any atom is -0.381 e. The van der Waals surface area contributed by atoms with E-state index in [4.69, 9.17) is 10.00 Å². The highest BCUT2D eigenvalue weighted by atomic mass is 19.4. The maximum absolute atomic E-state index is 11.7. The van der Waals surface area contributed by atoms with Crippen LogP contribution in [0.5, 0.6) is 0 Å². The fourth-order valence-electron chi connectivity index (χ4n) is 0.962. The van der Waals surface area contributed by atoms with E-state index in [-0.39, 0.29) is 13.2 Å². The van der Waals surface area contributed by atoms with Gasteiger partial charge in [-0.15, -0.1) is 0 Å². The van der Waals surface area contributed by atoms with Crippen LogP contribution in [0.3, 0.4) is 0 Å². The van der Waals surface area contributed by atoms with E-state index in [1.165, 1.54) is 0 Å². The summed E-state index contributed by atoms with van der Waals surface area (Å²) < 4.78 is 39.9. The summed E-state index contributed by atoms with van der Waals surface area (Å²) in [6.45, 7) is 3.57. The molecule has 0 fully saturated rings. The van der Waals surface area contributed by atoms with Gasteiger partial charge in [0, 0.05) is 6.61 Å². The zero-order valence-electron chi connectivity index (χ0n) is 9.02. The lowest BCUT2D eigenvalue weighted by atomic mass is 9.90. The Balaban J connectivity index is 3.38. The molecule has 0 aliphatic carbocycles. The van der Waals surface area contributed by atoms with Crippen LogP contribution in [0.2, 0.25) is 0 Å². The van der Waals surface area contributed by atoms with Gasteiger partial charge in [-0.1, -0.05) is 0 Å². The molecular weight excluding hydrogens is 207 g/mol. The zero-order valence-corrected chi connectivity index (χ0v) is 9.02. The van der Waals surface area contributed by atoms with Gasteiger partial charge in [0.2, 0.25) is 0 Å². The first-order valence-electron chi connectivity index (χ1n) is 4.83. The molecule has 0 aromatic heterocycles. The number of hydrogen-bond acceptors (Lipinski definition) is 2. The molecule has 0 aliphatic heterocycles. The van der Waals surface area contributed by atoms with Gasteiger partial charge in [-0.05, 0) is 26.7 Å². The second kappa shape index (κ2) is 5.96. The van der Waals surface area contributed by atoms with Crippen molar-refractivity contribution in [1.29, 1.82) is 5.26 Å². The van der Waals surface area contributed by atoms with E-state index in [0.29, 0.717) is 12.8 Å². The molecule has 0 aromatic rings. The van der Waals surface area contributed by atoms with E-state index < -0.39 is 18.0 Å². The smallest absolute Gasteiger partial charge is 0.381 e. The molecular formula is C10H16F3NO. The highest BCUT2D eigenvalue weighted by Gasteiger charge is 2.26. The lowest BCUT2D eigenvalue weighted by Gasteiger charge is -2.14. The predicted molar refractivity (Wildman–Crippen MR) is 50.1 cm³/mol. The first-order chi connectivity index (χ1) is 6.77. The van der Waals surface area contributed by atoms with Crippen molar-refractivity contribution in [2.24, 2.45) is 5.41 Å². The SMILES string of the molecule is CC(C)(C#N)CCCOCCC(F)(F)F. The number of hydrogen-bond donors (Lipinski definition) is 0. The molecule has 0 rings (SSSR count). The standard InChI is InChI=1S/C10H16F3NO/c1-9(2,8-14)4-3-6-15-7-5-10(11,12)13/h3-7H2,1-2H3. The Hall–Kier alpha value is -0.760. The summed E-state index contributed by atoms with van der Waals surface area (Å²) in [7, 11) is 0. The van der Waals surface area contributed by atoms with Crippen molar-refractivity contribution in [2.75, 3.05) is 13.2 Å². The number of rotatable bonds is 6. The summed E-state index contributed by atoms with van der Waals surface area (Å²) in [6, 6.07) is 2.12. The van der Waals surface area contributed by atoms with Crippen LogP contribution in [-0.4, -0.2) is 19.4 Å². The summed E-state index contributed by atoms with van der Waals surface area (Å²) in [5.74, 6) is 0. The van der Waals surface area contributed by atoms with Crippen LogP contribution in [0.25, 0.3) is 0 Å². The van der Waals surface area contributed by atoms with Gasteiger partial charge in [-0.2, -0.15) is 18.4 Å². The lowest BCUT2D eigenvalue weighted by molar-refractivity contribution is -0.145. The summed E-state index contributed by atoms with van der Waals surface area (Å²) in [6.07, 6.45) is -3.81. The number of nitriles is 1. The quantitative estimate of drug-likeness (QED) is 0.647. The molecule has 0 heterocycles. The van der Waals surface area contributed by atoms with E-state index in [1.54, 1.807) is 13.8 Å². The summed E-state index contributed by atoms with van der Waals surface area (Å²) in [5, 5.41) is 8.66. The van der Waals surface area contributed by atoms with Gasteiger partial charge in [-0.3, -0.25) is 0 Å². The van der Waals surface area contributed by atoms with E-state index in [9.17, 15) is 13.2 Å². The third kappa shape index (κ3) is 9.54. The summed E-state index contributed by atoms with van der Waals surface area (Å²) in [4.78, 5) is 0. The largest absolute Gasteiger partial charge is 0.391 e. The second-order valence-corrected chi connectivity index (χ2v) is 4.08. The first-order valence-corrected chi connectivity index (χ1v) is 4.83. The number of alkyl halides is 3. The molecule has 0 saturated heterocycles. The van der Waals surface area contributed by atoms with Crippen molar-refractivity contribution in [3.8, 4) is 6.07 Å². The molecule has 2 nitrogen and oxygen atoms in total. The lowest BCUT2D eigenvalue weighted by Crippen LogP contribution is -2.13. The average Bonchev–Trinajstić information content (AvgIpc) is 2.09. The van der Waals surface area contributed by atoms with Crippen LogP contribution in [0, 0.1) is 16.7 Å². The minimum atomic E-state index is -4.15. The first kappa shape index (κ1) is 14.2. The highest BCUT2D eigenvalue weighted by Crippen LogP contribution is 2.21. The van der Waals surface area contributed by atoms with Gasteiger partial charge < -0.3 is 4.74 Å². The van der Waals surface area contributed by atoms with Crippen LogP contribution < -0.4 is 0 Å². The Labute approximate surface area is 88.0 Å². The van der Waals surface area contributed by atoms with E-state index >= 15 is 0 Å². The fraction of sp³-hybridized carbons (Fsp3) is 0.900. The third-order valence-electron chi connectivity index (χ3n) is 1.92. The van der Waals surface area contributed by atoms with Crippen molar-refractivity contribution in [1.82, 2.24) is 0 Å². The molecule has 0 aliphatic rings. The maximum Gasteiger partial charge on any atom is 0.391 e. The Kier molecular flexibility index (Phi) is 5.66. The van der Waals surface area contributed by atoms with E-state index in [2.05, 4.69) is 6.07 Å². The minimum absolute atomic E-state index is 0.279. The maximum atomic E-state index is 11.7. The second-order valence-electron chi connectivity index (χ2n) is 4.08. The monoisotopic (exact) mass is 223 g/mol. The molecule has 0 aromatic carbocycles. The molecule has 0 bridgehead atoms. The number of ether oxygens (including phenoxy) is 1. The predicted octanol–water partition coefficient (Wildman–Crippen LogP) is 3.29. The van der Waals surface area contributed by atoms with E-state index in [1.807, 2.05) is 0 Å². The van der Waals surface area contributed by atoms with Gasteiger partial charge >= 0.3 is 6.18 Å². The molecule has 0 atom stereocenters. The molecule has 88 valence electrons. The van der Waals surface area contributed by atoms with Gasteiger partial charge in [0.15, 0.2) is 0 Å². The molecule has 5 heteroatoms. The van der Waals surface area contributed by atoms with Gasteiger partial charge in [0.1, 0.15) is 0 Å². The average molecular weight is 223 g/mol. The molecule has 0 N–H and O–H groups in total. The van der Waals surface area contributed by atoms with Crippen molar-refractivity contribution in [3.05, 3.63) is 0 Å². The molecule has 0 unspecified atom stereocenters. The molecule has 15 heavy (non-hydrogen) atoms. The van der Waals surface area contributed by atoms with E-state index in [0.717, 1.165) is 0 Å². The number of halogens is 3. The van der Waals surface area contributed by atoms with Crippen molar-refractivity contribution < 1.29 is 17.9 Å². The van der Waals surface area contributed by atoms with Crippen LogP contribution >= 0.6 is 0 Å². The molecule has 0 amide bonds. The number of nitrogens with zero attached hydrogens (tertiary/aromatic N) is 1. The third-order valence-corrected chi connectivity index (χ3v) is 1.92. The highest BCUT2D eigenvalue weighted by molar-refractivity contribution is 4.91. The van der Waals surface area contributed by atoms with Crippen LogP contribution in [0.15, 0.2) is 0 Å². The Morgan fingerprint density at radius 1 is 1.13 bits per heavy atom. The Bertz CT molecular complexity index is 218. The van der Waals surface area contributed by atoms with Crippen LogP contribution in [-0.2, 0) is 4.74 Å².